The normalized spacial score (nSPS) is 29.8. The standard InChI is InChI=1S/C16H24N4O2/c1-12-8-18-13(9-17-12)15(22)20-6-3-5-16(11-20)10-19(2)7-4-14(16)21/h8-9,14,21H,3-7,10-11H2,1-2H3/t14-,16-/m0/s1. The lowest BCUT2D eigenvalue weighted by Gasteiger charge is -2.50. The summed E-state index contributed by atoms with van der Waals surface area (Å²) in [4.78, 5) is 25.1. The second kappa shape index (κ2) is 5.93. The van der Waals surface area contributed by atoms with Gasteiger partial charge in [0.15, 0.2) is 0 Å². The van der Waals surface area contributed by atoms with E-state index in [9.17, 15) is 9.90 Å². The van der Waals surface area contributed by atoms with Crippen molar-refractivity contribution in [2.75, 3.05) is 33.2 Å². The minimum atomic E-state index is -0.330. The highest BCUT2D eigenvalue weighted by molar-refractivity contribution is 5.92. The summed E-state index contributed by atoms with van der Waals surface area (Å²) in [6.07, 6.45) is 5.52. The first-order valence-corrected chi connectivity index (χ1v) is 7.95. The second-order valence-electron chi connectivity index (χ2n) is 6.78. The van der Waals surface area contributed by atoms with Gasteiger partial charge in [-0.2, -0.15) is 0 Å². The molecule has 6 heteroatoms. The van der Waals surface area contributed by atoms with Gasteiger partial charge in [-0.1, -0.05) is 0 Å². The van der Waals surface area contributed by atoms with Crippen LogP contribution in [0.15, 0.2) is 12.4 Å². The number of carbonyl (C=O) groups is 1. The third kappa shape index (κ3) is 2.85. The largest absolute Gasteiger partial charge is 0.392 e. The van der Waals surface area contributed by atoms with Gasteiger partial charge in [0.2, 0.25) is 0 Å². The van der Waals surface area contributed by atoms with Gasteiger partial charge in [-0.3, -0.25) is 9.78 Å². The van der Waals surface area contributed by atoms with E-state index in [1.807, 2.05) is 11.8 Å². The number of piperidine rings is 2. The average Bonchev–Trinajstić information content (AvgIpc) is 2.52. The molecule has 0 radical (unpaired) electrons. The monoisotopic (exact) mass is 304 g/mol. The Bertz CT molecular complexity index is 548. The number of aryl methyl sites for hydroxylation is 1. The number of likely N-dealkylation sites (tertiary alicyclic amines) is 2. The Balaban J connectivity index is 1.77. The molecule has 2 atom stereocenters. The summed E-state index contributed by atoms with van der Waals surface area (Å²) in [6, 6.07) is 0. The van der Waals surface area contributed by atoms with E-state index in [1.54, 1.807) is 12.4 Å². The van der Waals surface area contributed by atoms with Gasteiger partial charge in [-0.05, 0) is 33.2 Å². The van der Waals surface area contributed by atoms with Crippen LogP contribution in [0, 0.1) is 12.3 Å². The van der Waals surface area contributed by atoms with Crippen LogP contribution < -0.4 is 0 Å². The fourth-order valence-corrected chi connectivity index (χ4v) is 3.77. The van der Waals surface area contributed by atoms with E-state index in [-0.39, 0.29) is 17.4 Å². The molecule has 2 aliphatic heterocycles. The third-order valence-electron chi connectivity index (χ3n) is 4.97. The number of hydrogen-bond acceptors (Lipinski definition) is 5. The van der Waals surface area contributed by atoms with Gasteiger partial charge in [-0.25, -0.2) is 4.98 Å². The number of aliphatic hydroxyl groups is 1. The SMILES string of the molecule is Cc1cnc(C(=O)N2CCC[C@]3(CN(C)CC[C@@H]3O)C2)cn1. The second-order valence-corrected chi connectivity index (χ2v) is 6.78. The zero-order valence-corrected chi connectivity index (χ0v) is 13.3. The Labute approximate surface area is 131 Å². The number of aliphatic hydroxyl groups excluding tert-OH is 1. The van der Waals surface area contributed by atoms with Crippen LogP contribution >= 0.6 is 0 Å². The first-order chi connectivity index (χ1) is 10.5. The molecule has 3 rings (SSSR count). The Morgan fingerprint density at radius 2 is 2.14 bits per heavy atom. The van der Waals surface area contributed by atoms with Crippen LogP contribution in [0.5, 0.6) is 0 Å². The summed E-state index contributed by atoms with van der Waals surface area (Å²) in [6.45, 7) is 4.95. The molecular formula is C16H24N4O2. The van der Waals surface area contributed by atoms with Gasteiger partial charge in [0.25, 0.3) is 5.91 Å². The van der Waals surface area contributed by atoms with Gasteiger partial charge in [0, 0.05) is 37.8 Å². The molecule has 1 aromatic heterocycles. The fourth-order valence-electron chi connectivity index (χ4n) is 3.77. The molecule has 3 heterocycles. The zero-order chi connectivity index (χ0) is 15.7. The van der Waals surface area contributed by atoms with Crippen molar-refractivity contribution in [1.29, 1.82) is 0 Å². The Hall–Kier alpha value is -1.53. The first-order valence-electron chi connectivity index (χ1n) is 7.95. The zero-order valence-electron chi connectivity index (χ0n) is 13.3. The molecule has 1 spiro atoms. The van der Waals surface area contributed by atoms with Crippen molar-refractivity contribution in [2.24, 2.45) is 5.41 Å². The van der Waals surface area contributed by atoms with Crippen LogP contribution in [0.4, 0.5) is 0 Å². The highest BCUT2D eigenvalue weighted by Gasteiger charge is 2.45. The lowest BCUT2D eigenvalue weighted by molar-refractivity contribution is -0.0731. The van der Waals surface area contributed by atoms with E-state index in [2.05, 4.69) is 21.9 Å². The van der Waals surface area contributed by atoms with Crippen molar-refractivity contribution in [2.45, 2.75) is 32.3 Å². The summed E-state index contributed by atoms with van der Waals surface area (Å²) < 4.78 is 0. The van der Waals surface area contributed by atoms with E-state index in [4.69, 9.17) is 0 Å². The fraction of sp³-hybridized carbons (Fsp3) is 0.688. The van der Waals surface area contributed by atoms with E-state index in [1.165, 1.54) is 0 Å². The maximum Gasteiger partial charge on any atom is 0.274 e. The Morgan fingerprint density at radius 1 is 1.32 bits per heavy atom. The Morgan fingerprint density at radius 3 is 2.86 bits per heavy atom. The number of carbonyl (C=O) groups excluding carboxylic acids is 1. The molecule has 6 nitrogen and oxygen atoms in total. The molecule has 2 aliphatic rings. The van der Waals surface area contributed by atoms with Gasteiger partial charge >= 0.3 is 0 Å². The summed E-state index contributed by atoms with van der Waals surface area (Å²) in [5, 5.41) is 10.5. The maximum atomic E-state index is 12.7. The lowest BCUT2D eigenvalue weighted by Crippen LogP contribution is -2.59. The van der Waals surface area contributed by atoms with Crippen LogP contribution in [0.1, 0.15) is 35.4 Å². The van der Waals surface area contributed by atoms with Crippen molar-refractivity contribution in [1.82, 2.24) is 19.8 Å². The van der Waals surface area contributed by atoms with Gasteiger partial charge < -0.3 is 14.9 Å². The molecule has 1 N–H and O–H groups in total. The lowest BCUT2D eigenvalue weighted by atomic mass is 9.71. The minimum absolute atomic E-state index is 0.0769. The van der Waals surface area contributed by atoms with E-state index in [0.717, 1.165) is 44.6 Å². The number of rotatable bonds is 1. The van der Waals surface area contributed by atoms with Crippen molar-refractivity contribution in [3.05, 3.63) is 23.8 Å². The molecule has 0 unspecified atom stereocenters. The number of aromatic nitrogens is 2. The molecule has 2 saturated heterocycles. The molecule has 2 fully saturated rings. The molecule has 120 valence electrons. The number of amides is 1. The Kier molecular flexibility index (Phi) is 4.14. The molecule has 0 aromatic carbocycles. The van der Waals surface area contributed by atoms with E-state index in [0.29, 0.717) is 12.2 Å². The average molecular weight is 304 g/mol. The topological polar surface area (TPSA) is 69.6 Å². The summed E-state index contributed by atoms with van der Waals surface area (Å²) >= 11 is 0. The van der Waals surface area contributed by atoms with Crippen molar-refractivity contribution >= 4 is 5.91 Å². The maximum absolute atomic E-state index is 12.7. The molecular weight excluding hydrogens is 280 g/mol. The smallest absolute Gasteiger partial charge is 0.274 e. The van der Waals surface area contributed by atoms with Gasteiger partial charge in [0.1, 0.15) is 5.69 Å². The number of nitrogens with zero attached hydrogens (tertiary/aromatic N) is 4. The van der Waals surface area contributed by atoms with Crippen LogP contribution in [0.3, 0.4) is 0 Å². The summed E-state index contributed by atoms with van der Waals surface area (Å²) in [7, 11) is 2.08. The molecule has 0 saturated carbocycles. The highest BCUT2D eigenvalue weighted by atomic mass is 16.3. The minimum Gasteiger partial charge on any atom is -0.392 e. The highest BCUT2D eigenvalue weighted by Crippen LogP contribution is 2.38. The first kappa shape index (κ1) is 15.4. The van der Waals surface area contributed by atoms with E-state index >= 15 is 0 Å². The van der Waals surface area contributed by atoms with Crippen LogP contribution in [0.25, 0.3) is 0 Å². The predicted molar refractivity (Wildman–Crippen MR) is 82.5 cm³/mol. The van der Waals surface area contributed by atoms with Crippen LogP contribution in [0.2, 0.25) is 0 Å². The van der Waals surface area contributed by atoms with Crippen molar-refractivity contribution in [3.8, 4) is 0 Å². The quantitative estimate of drug-likeness (QED) is 0.827. The van der Waals surface area contributed by atoms with Gasteiger partial charge in [0.05, 0.1) is 18.0 Å². The molecule has 1 aromatic rings. The molecule has 1 amide bonds. The predicted octanol–water partition coefficient (Wildman–Crippen LogP) is 0.704. The number of hydrogen-bond donors (Lipinski definition) is 1. The van der Waals surface area contributed by atoms with E-state index < -0.39 is 0 Å². The molecule has 0 aliphatic carbocycles. The molecule has 22 heavy (non-hydrogen) atoms. The third-order valence-corrected chi connectivity index (χ3v) is 4.97. The summed E-state index contributed by atoms with van der Waals surface area (Å²) in [5.41, 5.74) is 0.997. The van der Waals surface area contributed by atoms with Crippen LogP contribution in [-0.4, -0.2) is 70.1 Å². The summed E-state index contributed by atoms with van der Waals surface area (Å²) in [5.74, 6) is -0.0769. The molecule has 0 bridgehead atoms. The van der Waals surface area contributed by atoms with Crippen molar-refractivity contribution < 1.29 is 9.90 Å². The van der Waals surface area contributed by atoms with Gasteiger partial charge in [-0.15, -0.1) is 0 Å². The van der Waals surface area contributed by atoms with Crippen molar-refractivity contribution in [3.63, 3.8) is 0 Å². The van der Waals surface area contributed by atoms with Crippen LogP contribution in [-0.2, 0) is 0 Å².